The molecule has 0 bridgehead atoms. The van der Waals surface area contributed by atoms with E-state index in [2.05, 4.69) is 10.6 Å². The highest BCUT2D eigenvalue weighted by molar-refractivity contribution is 5.88. The first-order chi connectivity index (χ1) is 11.8. The number of aliphatic hydroxyl groups is 1. The monoisotopic (exact) mass is 344 g/mol. The molecule has 0 saturated heterocycles. The van der Waals surface area contributed by atoms with Crippen LogP contribution in [-0.4, -0.2) is 23.0 Å². The van der Waals surface area contributed by atoms with Gasteiger partial charge in [-0.3, -0.25) is 9.59 Å². The first-order valence-electron chi connectivity index (χ1n) is 7.94. The van der Waals surface area contributed by atoms with Crippen LogP contribution in [0.3, 0.4) is 0 Å². The summed E-state index contributed by atoms with van der Waals surface area (Å²) in [6.45, 7) is 3.11. The van der Waals surface area contributed by atoms with E-state index in [0.717, 1.165) is 5.56 Å². The second kappa shape index (κ2) is 8.39. The minimum atomic E-state index is -0.924. The van der Waals surface area contributed by atoms with Gasteiger partial charge in [0.2, 0.25) is 11.8 Å². The highest BCUT2D eigenvalue weighted by Crippen LogP contribution is 2.17. The van der Waals surface area contributed by atoms with Gasteiger partial charge in [0.05, 0.1) is 18.6 Å². The maximum absolute atomic E-state index is 12.9. The number of hydrogen-bond donors (Lipinski definition) is 3. The van der Waals surface area contributed by atoms with Crippen molar-refractivity contribution in [3.05, 3.63) is 65.5 Å². The largest absolute Gasteiger partial charge is 0.386 e. The lowest BCUT2D eigenvalue weighted by Crippen LogP contribution is -2.37. The molecule has 0 aliphatic heterocycles. The molecule has 2 aromatic rings. The number of benzene rings is 2. The van der Waals surface area contributed by atoms with Crippen molar-refractivity contribution in [3.8, 4) is 0 Å². The molecule has 0 aliphatic carbocycles. The highest BCUT2D eigenvalue weighted by Gasteiger charge is 2.18. The van der Waals surface area contributed by atoms with Crippen LogP contribution in [0.2, 0.25) is 0 Å². The number of hydrogen-bond acceptors (Lipinski definition) is 3. The topological polar surface area (TPSA) is 78.4 Å². The number of carbonyl (C=O) groups excluding carboxylic acids is 2. The van der Waals surface area contributed by atoms with E-state index >= 15 is 0 Å². The summed E-state index contributed by atoms with van der Waals surface area (Å²) in [5.41, 5.74) is 1.99. The zero-order chi connectivity index (χ0) is 18.4. The number of aliphatic hydroxyl groups excluding tert-OH is 1. The molecule has 2 aromatic carbocycles. The van der Waals surface area contributed by atoms with E-state index < -0.39 is 12.1 Å². The van der Waals surface area contributed by atoms with Crippen molar-refractivity contribution in [2.75, 3.05) is 5.32 Å². The van der Waals surface area contributed by atoms with Crippen LogP contribution in [0, 0.1) is 5.82 Å². The van der Waals surface area contributed by atoms with Gasteiger partial charge in [0.15, 0.2) is 0 Å². The van der Waals surface area contributed by atoms with E-state index in [1.807, 2.05) is 0 Å². The molecule has 6 heteroatoms. The second-order valence-electron chi connectivity index (χ2n) is 5.91. The van der Waals surface area contributed by atoms with E-state index in [1.165, 1.54) is 31.2 Å². The highest BCUT2D eigenvalue weighted by atomic mass is 19.1. The van der Waals surface area contributed by atoms with E-state index in [9.17, 15) is 19.1 Å². The molecule has 0 radical (unpaired) electrons. The first-order valence-corrected chi connectivity index (χ1v) is 7.94. The van der Waals surface area contributed by atoms with Gasteiger partial charge in [-0.2, -0.15) is 0 Å². The number of carbonyl (C=O) groups is 2. The maximum atomic E-state index is 12.9. The third kappa shape index (κ3) is 5.69. The normalized spacial score (nSPS) is 13.0. The molecule has 2 amide bonds. The van der Waals surface area contributed by atoms with E-state index in [0.29, 0.717) is 11.3 Å². The van der Waals surface area contributed by atoms with Gasteiger partial charge < -0.3 is 15.7 Å². The average Bonchev–Trinajstić information content (AvgIpc) is 2.56. The third-order valence-corrected chi connectivity index (χ3v) is 3.71. The Labute approximate surface area is 145 Å². The molecule has 0 spiro atoms. The summed E-state index contributed by atoms with van der Waals surface area (Å²) in [7, 11) is 0. The van der Waals surface area contributed by atoms with E-state index in [-0.39, 0.29) is 24.1 Å². The summed E-state index contributed by atoms with van der Waals surface area (Å²) in [5.74, 6) is -0.773. The summed E-state index contributed by atoms with van der Waals surface area (Å²) in [4.78, 5) is 23.1. The fourth-order valence-electron chi connectivity index (χ4n) is 2.43. The molecule has 2 rings (SSSR count). The fraction of sp³-hybridized carbons (Fsp3) is 0.263. The molecule has 5 nitrogen and oxygen atoms in total. The molecule has 0 aromatic heterocycles. The van der Waals surface area contributed by atoms with Crippen LogP contribution in [0.25, 0.3) is 0 Å². The van der Waals surface area contributed by atoms with Crippen molar-refractivity contribution in [2.45, 2.75) is 32.4 Å². The summed E-state index contributed by atoms with van der Waals surface area (Å²) in [6.07, 6.45) is -0.771. The number of halogens is 1. The minimum absolute atomic E-state index is 0.154. The molecule has 0 aliphatic rings. The summed E-state index contributed by atoms with van der Waals surface area (Å²) in [6, 6.07) is 12.0. The molecule has 0 saturated carbocycles. The standard InChI is InChI=1S/C19H21FN2O3/c1-12(19(25)15-5-7-16(20)8-6-15)21-18(24)11-14-3-9-17(10-4-14)22-13(2)23/h3-10,12,19,25H,11H2,1-2H3,(H,21,24)(H,22,23). The second-order valence-corrected chi connectivity index (χ2v) is 5.91. The van der Waals surface area contributed by atoms with Gasteiger partial charge in [0.1, 0.15) is 5.82 Å². The van der Waals surface area contributed by atoms with Gasteiger partial charge in [-0.25, -0.2) is 4.39 Å². The predicted octanol–water partition coefficient (Wildman–Crippen LogP) is 2.56. The molecule has 2 unspecified atom stereocenters. The maximum Gasteiger partial charge on any atom is 0.224 e. The van der Waals surface area contributed by atoms with Gasteiger partial charge in [-0.05, 0) is 42.3 Å². The van der Waals surface area contributed by atoms with Gasteiger partial charge in [0.25, 0.3) is 0 Å². The number of amides is 2. The smallest absolute Gasteiger partial charge is 0.224 e. The van der Waals surface area contributed by atoms with Crippen LogP contribution in [0.15, 0.2) is 48.5 Å². The fourth-order valence-corrected chi connectivity index (χ4v) is 2.43. The molecule has 0 heterocycles. The molecule has 2 atom stereocenters. The Morgan fingerprint density at radius 2 is 1.68 bits per heavy atom. The molecular weight excluding hydrogens is 323 g/mol. The van der Waals surface area contributed by atoms with Gasteiger partial charge in [-0.15, -0.1) is 0 Å². The van der Waals surface area contributed by atoms with Crippen LogP contribution in [0.1, 0.15) is 31.1 Å². The van der Waals surface area contributed by atoms with Crippen molar-refractivity contribution in [1.29, 1.82) is 0 Å². The summed E-state index contributed by atoms with van der Waals surface area (Å²) >= 11 is 0. The van der Waals surface area contributed by atoms with Crippen molar-refractivity contribution >= 4 is 17.5 Å². The van der Waals surface area contributed by atoms with Crippen molar-refractivity contribution < 1.29 is 19.1 Å². The first kappa shape index (κ1) is 18.6. The Morgan fingerprint density at radius 3 is 2.24 bits per heavy atom. The number of rotatable bonds is 6. The van der Waals surface area contributed by atoms with Crippen molar-refractivity contribution in [3.63, 3.8) is 0 Å². The van der Waals surface area contributed by atoms with E-state index in [4.69, 9.17) is 0 Å². The minimum Gasteiger partial charge on any atom is -0.386 e. The van der Waals surface area contributed by atoms with Crippen molar-refractivity contribution in [2.24, 2.45) is 0 Å². The summed E-state index contributed by atoms with van der Waals surface area (Å²) < 4.78 is 12.9. The summed E-state index contributed by atoms with van der Waals surface area (Å²) in [5, 5.41) is 15.6. The van der Waals surface area contributed by atoms with Crippen LogP contribution < -0.4 is 10.6 Å². The Kier molecular flexibility index (Phi) is 6.25. The Morgan fingerprint density at radius 1 is 1.08 bits per heavy atom. The zero-order valence-electron chi connectivity index (χ0n) is 14.1. The Bertz CT molecular complexity index is 729. The Balaban J connectivity index is 1.90. The SMILES string of the molecule is CC(=O)Nc1ccc(CC(=O)NC(C)C(O)c2ccc(F)cc2)cc1. The quantitative estimate of drug-likeness (QED) is 0.754. The van der Waals surface area contributed by atoms with Gasteiger partial charge >= 0.3 is 0 Å². The lowest BCUT2D eigenvalue weighted by molar-refractivity contribution is -0.121. The van der Waals surface area contributed by atoms with Crippen LogP contribution in [0.5, 0.6) is 0 Å². The molecule has 0 fully saturated rings. The number of anilines is 1. The lowest BCUT2D eigenvalue weighted by Gasteiger charge is -2.20. The lowest BCUT2D eigenvalue weighted by atomic mass is 10.0. The zero-order valence-corrected chi connectivity index (χ0v) is 14.1. The average molecular weight is 344 g/mol. The molecular formula is C19H21FN2O3. The predicted molar refractivity (Wildman–Crippen MR) is 93.4 cm³/mol. The van der Waals surface area contributed by atoms with Crippen molar-refractivity contribution in [1.82, 2.24) is 5.32 Å². The van der Waals surface area contributed by atoms with Gasteiger partial charge in [0, 0.05) is 12.6 Å². The number of nitrogens with one attached hydrogen (secondary N) is 2. The van der Waals surface area contributed by atoms with Gasteiger partial charge in [-0.1, -0.05) is 24.3 Å². The van der Waals surface area contributed by atoms with E-state index in [1.54, 1.807) is 31.2 Å². The van der Waals surface area contributed by atoms with Crippen LogP contribution in [-0.2, 0) is 16.0 Å². The Hall–Kier alpha value is -2.73. The molecule has 25 heavy (non-hydrogen) atoms. The van der Waals surface area contributed by atoms with Crippen LogP contribution in [0.4, 0.5) is 10.1 Å². The third-order valence-electron chi connectivity index (χ3n) is 3.71. The molecule has 3 N–H and O–H groups in total. The molecule has 132 valence electrons. The van der Waals surface area contributed by atoms with Crippen LogP contribution >= 0.6 is 0 Å².